The van der Waals surface area contributed by atoms with Crippen molar-refractivity contribution in [1.29, 1.82) is 0 Å². The Morgan fingerprint density at radius 3 is 2.62 bits per heavy atom. The lowest BCUT2D eigenvalue weighted by molar-refractivity contribution is 0.0689. The summed E-state index contributed by atoms with van der Waals surface area (Å²) in [5.41, 5.74) is 5.69. The van der Waals surface area contributed by atoms with Crippen molar-refractivity contribution in [2.45, 2.75) is 6.10 Å². The van der Waals surface area contributed by atoms with Gasteiger partial charge in [0.15, 0.2) is 0 Å². The summed E-state index contributed by atoms with van der Waals surface area (Å²) < 4.78 is 0. The Bertz CT molecular complexity index is 311. The van der Waals surface area contributed by atoms with Gasteiger partial charge in [-0.05, 0) is 11.6 Å². The number of aliphatic hydroxyl groups excluding tert-OH is 1. The van der Waals surface area contributed by atoms with Crippen LogP contribution in [0, 0.1) is 0 Å². The smallest absolute Gasteiger partial charge is 0.336 e. The highest BCUT2D eigenvalue weighted by atomic mass is 16.4. The zero-order valence-corrected chi connectivity index (χ0v) is 6.97. The number of rotatable bonds is 3. The summed E-state index contributed by atoms with van der Waals surface area (Å²) >= 11 is 0. The van der Waals surface area contributed by atoms with Crippen LogP contribution in [-0.2, 0) is 0 Å². The van der Waals surface area contributed by atoms with Crippen LogP contribution in [0.3, 0.4) is 0 Å². The van der Waals surface area contributed by atoms with Crippen molar-refractivity contribution >= 4 is 5.97 Å². The molecular weight excluding hydrogens is 170 g/mol. The third kappa shape index (κ3) is 2.05. The molecule has 4 nitrogen and oxygen atoms in total. The molecule has 0 saturated heterocycles. The first kappa shape index (κ1) is 9.70. The van der Waals surface area contributed by atoms with E-state index in [9.17, 15) is 9.90 Å². The van der Waals surface area contributed by atoms with Crippen LogP contribution in [-0.4, -0.2) is 22.7 Å². The Labute approximate surface area is 75.6 Å². The summed E-state index contributed by atoms with van der Waals surface area (Å²) in [6.45, 7) is 0.0181. The maximum Gasteiger partial charge on any atom is 0.336 e. The van der Waals surface area contributed by atoms with Gasteiger partial charge in [-0.1, -0.05) is 18.2 Å². The van der Waals surface area contributed by atoms with Crippen LogP contribution in [0.15, 0.2) is 24.3 Å². The van der Waals surface area contributed by atoms with Crippen molar-refractivity contribution in [3.8, 4) is 0 Å². The van der Waals surface area contributed by atoms with Crippen LogP contribution < -0.4 is 5.73 Å². The molecule has 0 spiro atoms. The Balaban J connectivity index is 3.11. The minimum Gasteiger partial charge on any atom is -0.478 e. The highest BCUT2D eigenvalue weighted by Crippen LogP contribution is 2.16. The normalized spacial score (nSPS) is 12.5. The van der Waals surface area contributed by atoms with Gasteiger partial charge in [-0.15, -0.1) is 0 Å². The van der Waals surface area contributed by atoms with Crippen molar-refractivity contribution in [3.05, 3.63) is 35.4 Å². The molecule has 0 amide bonds. The molecule has 1 rings (SSSR count). The quantitative estimate of drug-likeness (QED) is 0.629. The lowest BCUT2D eigenvalue weighted by Crippen LogP contribution is -2.15. The fourth-order valence-corrected chi connectivity index (χ4v) is 1.11. The molecule has 0 fully saturated rings. The Morgan fingerprint density at radius 1 is 1.46 bits per heavy atom. The van der Waals surface area contributed by atoms with Crippen LogP contribution in [0.4, 0.5) is 0 Å². The summed E-state index contributed by atoms with van der Waals surface area (Å²) in [6, 6.07) is 6.27. The van der Waals surface area contributed by atoms with Gasteiger partial charge in [0.2, 0.25) is 0 Å². The van der Waals surface area contributed by atoms with Crippen LogP contribution in [0.25, 0.3) is 0 Å². The fraction of sp³-hybridized carbons (Fsp3) is 0.222. The van der Waals surface area contributed by atoms with Gasteiger partial charge in [-0.25, -0.2) is 4.79 Å². The van der Waals surface area contributed by atoms with Gasteiger partial charge in [0.1, 0.15) is 0 Å². The first-order valence-electron chi connectivity index (χ1n) is 3.87. The third-order valence-corrected chi connectivity index (χ3v) is 1.77. The van der Waals surface area contributed by atoms with Gasteiger partial charge < -0.3 is 15.9 Å². The van der Waals surface area contributed by atoms with Crippen molar-refractivity contribution in [2.24, 2.45) is 5.73 Å². The van der Waals surface area contributed by atoms with Crippen LogP contribution in [0.1, 0.15) is 22.0 Å². The van der Waals surface area contributed by atoms with E-state index in [1.807, 2.05) is 0 Å². The molecule has 0 heterocycles. The number of hydrogen-bond donors (Lipinski definition) is 3. The number of carboxylic acid groups (broad SMARTS) is 1. The molecule has 0 aliphatic rings. The van der Waals surface area contributed by atoms with E-state index in [1.165, 1.54) is 6.07 Å². The predicted octanol–water partition coefficient (Wildman–Crippen LogP) is 0.377. The molecule has 1 unspecified atom stereocenters. The fourth-order valence-electron chi connectivity index (χ4n) is 1.11. The van der Waals surface area contributed by atoms with Gasteiger partial charge >= 0.3 is 5.97 Å². The van der Waals surface area contributed by atoms with E-state index in [0.29, 0.717) is 5.56 Å². The van der Waals surface area contributed by atoms with Crippen molar-refractivity contribution in [1.82, 2.24) is 0 Å². The number of nitrogens with two attached hydrogens (primary N) is 1. The van der Waals surface area contributed by atoms with Gasteiger partial charge in [-0.3, -0.25) is 0 Å². The maximum atomic E-state index is 10.7. The number of aliphatic hydroxyl groups is 1. The molecular formula is C9H11NO3. The van der Waals surface area contributed by atoms with E-state index in [-0.39, 0.29) is 12.1 Å². The second-order valence-corrected chi connectivity index (χ2v) is 2.64. The summed E-state index contributed by atoms with van der Waals surface area (Å²) in [5, 5.41) is 18.1. The first-order chi connectivity index (χ1) is 6.16. The molecule has 1 atom stereocenters. The zero-order chi connectivity index (χ0) is 9.84. The minimum atomic E-state index is -1.05. The van der Waals surface area contributed by atoms with E-state index in [1.54, 1.807) is 18.2 Å². The standard InChI is InChI=1S/C9H11NO3/c10-5-8(11)6-3-1-2-4-7(6)9(12)13/h1-4,8,11H,5,10H2,(H,12,13). The molecule has 1 aromatic carbocycles. The van der Waals surface area contributed by atoms with Crippen LogP contribution in [0.5, 0.6) is 0 Å². The number of benzene rings is 1. The highest BCUT2D eigenvalue weighted by molar-refractivity contribution is 5.89. The average Bonchev–Trinajstić information content (AvgIpc) is 2.16. The Kier molecular flexibility index (Phi) is 3.00. The SMILES string of the molecule is NCC(O)c1ccccc1C(=O)O. The second kappa shape index (κ2) is 4.02. The predicted molar refractivity (Wildman–Crippen MR) is 47.4 cm³/mol. The summed E-state index contributed by atoms with van der Waals surface area (Å²) in [7, 11) is 0. The molecule has 0 bridgehead atoms. The van der Waals surface area contributed by atoms with Crippen LogP contribution >= 0.6 is 0 Å². The third-order valence-electron chi connectivity index (χ3n) is 1.77. The molecule has 4 heteroatoms. The largest absolute Gasteiger partial charge is 0.478 e. The summed E-state index contributed by atoms with van der Waals surface area (Å²) in [6.07, 6.45) is -0.910. The van der Waals surface area contributed by atoms with E-state index in [0.717, 1.165) is 0 Å². The molecule has 0 aliphatic heterocycles. The Morgan fingerprint density at radius 2 is 2.08 bits per heavy atom. The van der Waals surface area contributed by atoms with Crippen molar-refractivity contribution < 1.29 is 15.0 Å². The van der Waals surface area contributed by atoms with E-state index in [4.69, 9.17) is 10.8 Å². The minimum absolute atomic E-state index is 0.0181. The summed E-state index contributed by atoms with van der Waals surface area (Å²) in [4.78, 5) is 10.7. The van der Waals surface area contributed by atoms with Gasteiger partial charge in [0.25, 0.3) is 0 Å². The first-order valence-corrected chi connectivity index (χ1v) is 3.87. The van der Waals surface area contributed by atoms with Crippen molar-refractivity contribution in [3.63, 3.8) is 0 Å². The van der Waals surface area contributed by atoms with E-state index in [2.05, 4.69) is 0 Å². The molecule has 13 heavy (non-hydrogen) atoms. The van der Waals surface area contributed by atoms with Gasteiger partial charge in [0, 0.05) is 6.54 Å². The summed E-state index contributed by atoms with van der Waals surface area (Å²) in [5.74, 6) is -1.05. The van der Waals surface area contributed by atoms with E-state index < -0.39 is 12.1 Å². The average molecular weight is 181 g/mol. The molecule has 0 aromatic heterocycles. The topological polar surface area (TPSA) is 83.5 Å². The molecule has 70 valence electrons. The second-order valence-electron chi connectivity index (χ2n) is 2.64. The molecule has 1 aromatic rings. The number of hydrogen-bond acceptors (Lipinski definition) is 3. The zero-order valence-electron chi connectivity index (χ0n) is 6.97. The highest BCUT2D eigenvalue weighted by Gasteiger charge is 2.14. The molecule has 4 N–H and O–H groups in total. The number of carbonyl (C=O) groups is 1. The number of aromatic carboxylic acids is 1. The van der Waals surface area contributed by atoms with Gasteiger partial charge in [-0.2, -0.15) is 0 Å². The lowest BCUT2D eigenvalue weighted by atomic mass is 10.0. The lowest BCUT2D eigenvalue weighted by Gasteiger charge is -2.10. The van der Waals surface area contributed by atoms with Gasteiger partial charge in [0.05, 0.1) is 11.7 Å². The molecule has 0 aliphatic carbocycles. The van der Waals surface area contributed by atoms with Crippen LogP contribution in [0.2, 0.25) is 0 Å². The number of carboxylic acids is 1. The monoisotopic (exact) mass is 181 g/mol. The molecule has 0 saturated carbocycles. The maximum absolute atomic E-state index is 10.7. The molecule has 0 radical (unpaired) electrons. The Hall–Kier alpha value is -1.39. The van der Waals surface area contributed by atoms with E-state index >= 15 is 0 Å². The van der Waals surface area contributed by atoms with Crippen molar-refractivity contribution in [2.75, 3.05) is 6.54 Å².